The van der Waals surface area contributed by atoms with Gasteiger partial charge in [-0.15, -0.1) is 0 Å². The second kappa shape index (κ2) is 7.95. The van der Waals surface area contributed by atoms with E-state index in [9.17, 15) is 0 Å². The van der Waals surface area contributed by atoms with Crippen molar-refractivity contribution in [3.63, 3.8) is 0 Å². The molecule has 4 nitrogen and oxygen atoms in total. The smallest absolute Gasteiger partial charge is 0.0522 e. The Labute approximate surface area is 129 Å². The Bertz CT molecular complexity index is 405. The predicted molar refractivity (Wildman–Crippen MR) is 88.3 cm³/mol. The first-order chi connectivity index (χ1) is 10.2. The molecular formula is C17H32N4. The highest BCUT2D eigenvalue weighted by molar-refractivity contribution is 5.05. The van der Waals surface area contributed by atoms with Crippen LogP contribution in [0.4, 0.5) is 0 Å². The van der Waals surface area contributed by atoms with Gasteiger partial charge in [-0.25, -0.2) is 0 Å². The van der Waals surface area contributed by atoms with Crippen molar-refractivity contribution < 1.29 is 0 Å². The molecule has 0 aromatic carbocycles. The number of nitrogens with two attached hydrogens (primary N) is 1. The molecule has 21 heavy (non-hydrogen) atoms. The Balaban J connectivity index is 2.04. The van der Waals surface area contributed by atoms with Gasteiger partial charge in [0.05, 0.1) is 6.20 Å². The fraction of sp³-hybridized carbons (Fsp3) is 0.824. The third-order valence-electron chi connectivity index (χ3n) is 5.01. The Morgan fingerprint density at radius 3 is 2.48 bits per heavy atom. The van der Waals surface area contributed by atoms with Gasteiger partial charge >= 0.3 is 0 Å². The van der Waals surface area contributed by atoms with Crippen LogP contribution in [0.3, 0.4) is 0 Å². The number of aromatic nitrogens is 2. The zero-order valence-electron chi connectivity index (χ0n) is 13.9. The van der Waals surface area contributed by atoms with Crippen molar-refractivity contribution >= 4 is 0 Å². The molecule has 0 radical (unpaired) electrons. The van der Waals surface area contributed by atoms with Crippen molar-refractivity contribution in [2.24, 2.45) is 12.8 Å². The number of hydrogen-bond donors (Lipinski definition) is 1. The SMILES string of the molecule is CCCN(CCc1cnn(C)c1)C1(CN)CCCCCC1. The second-order valence-electron chi connectivity index (χ2n) is 6.60. The van der Waals surface area contributed by atoms with E-state index < -0.39 is 0 Å². The lowest BCUT2D eigenvalue weighted by atomic mass is 9.87. The van der Waals surface area contributed by atoms with Gasteiger partial charge < -0.3 is 5.73 Å². The molecule has 1 aromatic rings. The summed E-state index contributed by atoms with van der Waals surface area (Å²) in [7, 11) is 1.99. The van der Waals surface area contributed by atoms with Gasteiger partial charge in [0, 0.05) is 31.9 Å². The van der Waals surface area contributed by atoms with E-state index in [0.717, 1.165) is 26.1 Å². The summed E-state index contributed by atoms with van der Waals surface area (Å²) in [5, 5.41) is 4.28. The first-order valence-corrected chi connectivity index (χ1v) is 8.63. The third kappa shape index (κ3) is 4.30. The van der Waals surface area contributed by atoms with Crippen molar-refractivity contribution in [1.82, 2.24) is 14.7 Å². The molecule has 0 aliphatic heterocycles. The van der Waals surface area contributed by atoms with Crippen molar-refractivity contribution in [3.05, 3.63) is 18.0 Å². The van der Waals surface area contributed by atoms with Crippen LogP contribution in [0.1, 0.15) is 57.4 Å². The molecule has 120 valence electrons. The lowest BCUT2D eigenvalue weighted by Gasteiger charge is -2.43. The maximum absolute atomic E-state index is 6.25. The topological polar surface area (TPSA) is 47.1 Å². The van der Waals surface area contributed by atoms with Gasteiger partial charge in [0.1, 0.15) is 0 Å². The molecule has 1 aliphatic carbocycles. The molecule has 0 atom stereocenters. The summed E-state index contributed by atoms with van der Waals surface area (Å²) in [6.07, 6.45) is 14.4. The molecule has 1 aliphatic rings. The molecule has 1 aromatic heterocycles. The van der Waals surface area contributed by atoms with Crippen molar-refractivity contribution in [2.75, 3.05) is 19.6 Å². The Hall–Kier alpha value is -0.870. The summed E-state index contributed by atoms with van der Waals surface area (Å²) in [5.41, 5.74) is 7.83. The molecule has 1 heterocycles. The summed E-state index contributed by atoms with van der Waals surface area (Å²) < 4.78 is 1.89. The number of nitrogens with zero attached hydrogens (tertiary/aromatic N) is 3. The fourth-order valence-corrected chi connectivity index (χ4v) is 3.76. The summed E-state index contributed by atoms with van der Waals surface area (Å²) >= 11 is 0. The summed E-state index contributed by atoms with van der Waals surface area (Å²) in [5.74, 6) is 0. The van der Waals surface area contributed by atoms with E-state index in [1.54, 1.807) is 0 Å². The Morgan fingerprint density at radius 2 is 1.95 bits per heavy atom. The number of rotatable bonds is 7. The Morgan fingerprint density at radius 1 is 1.24 bits per heavy atom. The van der Waals surface area contributed by atoms with Crippen LogP contribution < -0.4 is 5.73 Å². The average Bonchev–Trinajstić information content (AvgIpc) is 2.76. The van der Waals surface area contributed by atoms with E-state index in [1.165, 1.54) is 50.5 Å². The highest BCUT2D eigenvalue weighted by atomic mass is 15.2. The molecule has 0 bridgehead atoms. The van der Waals surface area contributed by atoms with Crippen LogP contribution in [0.15, 0.2) is 12.4 Å². The molecule has 0 spiro atoms. The van der Waals surface area contributed by atoms with Gasteiger partial charge in [0.25, 0.3) is 0 Å². The largest absolute Gasteiger partial charge is 0.329 e. The molecule has 2 N–H and O–H groups in total. The zero-order chi connectivity index (χ0) is 15.1. The predicted octanol–water partition coefficient (Wildman–Crippen LogP) is 2.73. The standard InChI is InChI=1S/C17H32N4/c1-3-11-21(12-8-16-13-19-20(2)14-16)17(15-18)9-6-4-5-7-10-17/h13-14H,3-12,15,18H2,1-2H3. The van der Waals surface area contributed by atoms with E-state index in [0.29, 0.717) is 0 Å². The van der Waals surface area contributed by atoms with Crippen LogP contribution in [0.25, 0.3) is 0 Å². The highest BCUT2D eigenvalue weighted by Crippen LogP contribution is 2.32. The Kier molecular flexibility index (Phi) is 6.24. The first kappa shape index (κ1) is 16.5. The van der Waals surface area contributed by atoms with Crippen LogP contribution >= 0.6 is 0 Å². The van der Waals surface area contributed by atoms with Gasteiger partial charge in [-0.1, -0.05) is 32.6 Å². The number of hydrogen-bond acceptors (Lipinski definition) is 3. The summed E-state index contributed by atoms with van der Waals surface area (Å²) in [4.78, 5) is 2.69. The minimum absolute atomic E-state index is 0.245. The van der Waals surface area contributed by atoms with E-state index in [4.69, 9.17) is 5.73 Å². The maximum atomic E-state index is 6.25. The molecule has 2 rings (SSSR count). The molecule has 1 fully saturated rings. The normalized spacial score (nSPS) is 18.9. The van der Waals surface area contributed by atoms with Crippen molar-refractivity contribution in [1.29, 1.82) is 0 Å². The zero-order valence-corrected chi connectivity index (χ0v) is 13.9. The lowest BCUT2D eigenvalue weighted by molar-refractivity contribution is 0.0787. The number of aryl methyl sites for hydroxylation is 1. The van der Waals surface area contributed by atoms with E-state index in [1.807, 2.05) is 17.9 Å². The highest BCUT2D eigenvalue weighted by Gasteiger charge is 2.35. The van der Waals surface area contributed by atoms with E-state index in [-0.39, 0.29) is 5.54 Å². The summed E-state index contributed by atoms with van der Waals surface area (Å²) in [6, 6.07) is 0. The minimum atomic E-state index is 0.245. The molecule has 0 unspecified atom stereocenters. The third-order valence-corrected chi connectivity index (χ3v) is 5.01. The molecule has 1 saturated carbocycles. The molecule has 0 saturated heterocycles. The first-order valence-electron chi connectivity index (χ1n) is 8.63. The van der Waals surface area contributed by atoms with Crippen LogP contribution in [-0.2, 0) is 13.5 Å². The minimum Gasteiger partial charge on any atom is -0.329 e. The molecular weight excluding hydrogens is 260 g/mol. The quantitative estimate of drug-likeness (QED) is 0.786. The van der Waals surface area contributed by atoms with Crippen LogP contribution in [-0.4, -0.2) is 39.9 Å². The summed E-state index contributed by atoms with van der Waals surface area (Å²) in [6.45, 7) is 5.35. The fourth-order valence-electron chi connectivity index (χ4n) is 3.76. The van der Waals surface area contributed by atoms with Crippen LogP contribution in [0.5, 0.6) is 0 Å². The lowest BCUT2D eigenvalue weighted by Crippen LogP contribution is -2.54. The average molecular weight is 292 g/mol. The van der Waals surface area contributed by atoms with Gasteiger partial charge in [-0.2, -0.15) is 5.10 Å². The van der Waals surface area contributed by atoms with Gasteiger partial charge in [0.2, 0.25) is 0 Å². The molecule has 4 heteroatoms. The van der Waals surface area contributed by atoms with E-state index >= 15 is 0 Å². The molecule has 0 amide bonds. The van der Waals surface area contributed by atoms with Gasteiger partial charge in [-0.3, -0.25) is 9.58 Å². The maximum Gasteiger partial charge on any atom is 0.0522 e. The van der Waals surface area contributed by atoms with E-state index in [2.05, 4.69) is 23.1 Å². The van der Waals surface area contributed by atoms with Crippen LogP contribution in [0, 0.1) is 0 Å². The monoisotopic (exact) mass is 292 g/mol. The van der Waals surface area contributed by atoms with Gasteiger partial charge in [-0.05, 0) is 37.8 Å². The second-order valence-corrected chi connectivity index (χ2v) is 6.60. The van der Waals surface area contributed by atoms with Crippen LogP contribution in [0.2, 0.25) is 0 Å². The van der Waals surface area contributed by atoms with Crippen molar-refractivity contribution in [3.8, 4) is 0 Å². The van der Waals surface area contributed by atoms with Crippen molar-refractivity contribution in [2.45, 2.75) is 63.8 Å². The van der Waals surface area contributed by atoms with Gasteiger partial charge in [0.15, 0.2) is 0 Å².